The molecule has 0 bridgehead atoms. The van der Waals surface area contributed by atoms with Crippen molar-refractivity contribution in [3.05, 3.63) is 0 Å². The molecule has 0 aromatic heterocycles. The molecular weight excluding hydrogens is 202 g/mol. The Morgan fingerprint density at radius 2 is 2.06 bits per heavy atom. The molecule has 1 saturated heterocycles. The van der Waals surface area contributed by atoms with E-state index in [0.29, 0.717) is 11.9 Å². The van der Waals surface area contributed by atoms with Gasteiger partial charge in [-0.3, -0.25) is 5.41 Å². The van der Waals surface area contributed by atoms with E-state index in [0.717, 1.165) is 39.0 Å². The van der Waals surface area contributed by atoms with Crippen LogP contribution in [0.3, 0.4) is 0 Å². The van der Waals surface area contributed by atoms with Crippen molar-refractivity contribution >= 4 is 5.84 Å². The summed E-state index contributed by atoms with van der Waals surface area (Å²) in [6.07, 6.45) is 3.08. The summed E-state index contributed by atoms with van der Waals surface area (Å²) in [4.78, 5) is 2.48. The second-order valence-electron chi connectivity index (χ2n) is 5.14. The lowest BCUT2D eigenvalue weighted by atomic mass is 9.79. The van der Waals surface area contributed by atoms with Gasteiger partial charge in [0.2, 0.25) is 0 Å². The summed E-state index contributed by atoms with van der Waals surface area (Å²) >= 11 is 0. The average molecular weight is 227 g/mol. The van der Waals surface area contributed by atoms with Crippen molar-refractivity contribution in [2.45, 2.75) is 39.2 Å². The van der Waals surface area contributed by atoms with Crippen molar-refractivity contribution in [3.8, 4) is 0 Å². The van der Waals surface area contributed by atoms with Crippen molar-refractivity contribution < 1.29 is 4.74 Å². The minimum Gasteiger partial charge on any atom is -0.387 e. The third kappa shape index (κ3) is 3.19. The summed E-state index contributed by atoms with van der Waals surface area (Å²) in [5, 5.41) is 7.61. The molecule has 4 nitrogen and oxygen atoms in total. The first-order chi connectivity index (χ1) is 7.49. The van der Waals surface area contributed by atoms with E-state index in [-0.39, 0.29) is 5.41 Å². The molecule has 3 N–H and O–H groups in total. The number of nitrogens with zero attached hydrogens (tertiary/aromatic N) is 1. The van der Waals surface area contributed by atoms with Crippen LogP contribution in [-0.2, 0) is 4.74 Å². The fourth-order valence-corrected chi connectivity index (χ4v) is 2.20. The van der Waals surface area contributed by atoms with Gasteiger partial charge in [0.25, 0.3) is 0 Å². The molecule has 16 heavy (non-hydrogen) atoms. The third-order valence-corrected chi connectivity index (χ3v) is 3.91. The Labute approximate surface area is 98.6 Å². The Morgan fingerprint density at radius 3 is 2.50 bits per heavy atom. The monoisotopic (exact) mass is 227 g/mol. The highest BCUT2D eigenvalue weighted by Crippen LogP contribution is 2.31. The maximum atomic E-state index is 7.61. The number of nitrogens with two attached hydrogens (primary N) is 1. The predicted molar refractivity (Wildman–Crippen MR) is 66.8 cm³/mol. The molecule has 0 aromatic rings. The third-order valence-electron chi connectivity index (χ3n) is 3.91. The van der Waals surface area contributed by atoms with Crippen LogP contribution >= 0.6 is 0 Å². The van der Waals surface area contributed by atoms with Gasteiger partial charge in [0, 0.05) is 25.2 Å². The molecule has 0 aliphatic carbocycles. The summed E-state index contributed by atoms with van der Waals surface area (Å²) in [6, 6.07) is 0.566. The molecule has 1 aliphatic heterocycles. The lowest BCUT2D eigenvalue weighted by molar-refractivity contribution is 0.0961. The van der Waals surface area contributed by atoms with Gasteiger partial charge in [0.05, 0.1) is 5.84 Å². The number of piperidine rings is 1. The van der Waals surface area contributed by atoms with Gasteiger partial charge in [-0.2, -0.15) is 0 Å². The van der Waals surface area contributed by atoms with Crippen molar-refractivity contribution in [2.24, 2.45) is 11.1 Å². The molecule has 0 radical (unpaired) electrons. The maximum Gasteiger partial charge on any atom is 0.0966 e. The summed E-state index contributed by atoms with van der Waals surface area (Å²) in [5.41, 5.74) is 5.58. The number of methoxy groups -OCH3 is 1. The second-order valence-corrected chi connectivity index (χ2v) is 5.14. The Bertz CT molecular complexity index is 234. The molecule has 1 atom stereocenters. The molecule has 94 valence electrons. The van der Waals surface area contributed by atoms with Gasteiger partial charge in [-0.05, 0) is 39.3 Å². The van der Waals surface area contributed by atoms with Gasteiger partial charge in [-0.25, -0.2) is 0 Å². The van der Waals surface area contributed by atoms with Gasteiger partial charge in [-0.1, -0.05) is 6.92 Å². The van der Waals surface area contributed by atoms with Crippen LogP contribution < -0.4 is 5.73 Å². The van der Waals surface area contributed by atoms with Gasteiger partial charge in [-0.15, -0.1) is 0 Å². The Kier molecular flexibility index (Phi) is 4.74. The molecule has 4 heteroatoms. The smallest absolute Gasteiger partial charge is 0.0966 e. The predicted octanol–water partition coefficient (Wildman–Crippen LogP) is 1.45. The van der Waals surface area contributed by atoms with Gasteiger partial charge < -0.3 is 15.4 Å². The number of ether oxygens (including phenoxy) is 1. The Balaban J connectivity index is 2.39. The van der Waals surface area contributed by atoms with Crippen LogP contribution in [0, 0.1) is 10.8 Å². The van der Waals surface area contributed by atoms with Crippen molar-refractivity contribution in [2.75, 3.05) is 26.8 Å². The van der Waals surface area contributed by atoms with Crippen molar-refractivity contribution in [1.29, 1.82) is 5.41 Å². The van der Waals surface area contributed by atoms with E-state index in [9.17, 15) is 0 Å². The molecule has 1 heterocycles. The van der Waals surface area contributed by atoms with Crippen molar-refractivity contribution in [3.63, 3.8) is 0 Å². The first-order valence-electron chi connectivity index (χ1n) is 6.07. The fourth-order valence-electron chi connectivity index (χ4n) is 2.20. The normalized spacial score (nSPS) is 22.9. The first kappa shape index (κ1) is 13.5. The van der Waals surface area contributed by atoms with Crippen LogP contribution in [0.2, 0.25) is 0 Å². The molecule has 0 amide bonds. The number of hydrogen-bond donors (Lipinski definition) is 2. The van der Waals surface area contributed by atoms with Crippen molar-refractivity contribution in [1.82, 2.24) is 4.90 Å². The van der Waals surface area contributed by atoms with E-state index in [2.05, 4.69) is 18.7 Å². The van der Waals surface area contributed by atoms with E-state index in [1.165, 1.54) is 0 Å². The maximum absolute atomic E-state index is 7.61. The van der Waals surface area contributed by atoms with Crippen LogP contribution in [0.5, 0.6) is 0 Å². The summed E-state index contributed by atoms with van der Waals surface area (Å²) < 4.78 is 5.10. The number of nitrogens with one attached hydrogen (secondary N) is 1. The second kappa shape index (κ2) is 5.64. The quantitative estimate of drug-likeness (QED) is 0.552. The summed E-state index contributed by atoms with van der Waals surface area (Å²) in [7, 11) is 1.75. The highest BCUT2D eigenvalue weighted by molar-refractivity contribution is 5.83. The van der Waals surface area contributed by atoms with Gasteiger partial charge in [0.15, 0.2) is 0 Å². The number of likely N-dealkylation sites (tertiary alicyclic amines) is 1. The van der Waals surface area contributed by atoms with Crippen LogP contribution in [-0.4, -0.2) is 43.6 Å². The van der Waals surface area contributed by atoms with Crippen LogP contribution in [0.1, 0.15) is 33.1 Å². The number of amidine groups is 1. The fraction of sp³-hybridized carbons (Fsp3) is 0.917. The van der Waals surface area contributed by atoms with E-state index >= 15 is 0 Å². The SMILES string of the molecule is COCCC(C)N1CCC(C)(C(=N)N)CC1. The standard InChI is InChI=1S/C12H25N3O/c1-10(4-9-16-3)15-7-5-12(2,6-8-15)11(13)14/h10H,4-9H2,1-3H3,(H3,13,14). The molecule has 1 rings (SSSR count). The largest absolute Gasteiger partial charge is 0.387 e. The van der Waals surface area contributed by atoms with E-state index < -0.39 is 0 Å². The molecule has 0 spiro atoms. The first-order valence-corrected chi connectivity index (χ1v) is 6.07. The molecule has 1 unspecified atom stereocenters. The highest BCUT2D eigenvalue weighted by Gasteiger charge is 2.33. The van der Waals surface area contributed by atoms with E-state index in [1.807, 2.05) is 0 Å². The zero-order valence-corrected chi connectivity index (χ0v) is 10.8. The van der Waals surface area contributed by atoms with Crippen LogP contribution in [0.15, 0.2) is 0 Å². The average Bonchev–Trinajstić information content (AvgIpc) is 2.26. The molecule has 0 aromatic carbocycles. The zero-order chi connectivity index (χ0) is 12.2. The lowest BCUT2D eigenvalue weighted by Crippen LogP contribution is -2.48. The molecule has 0 saturated carbocycles. The number of rotatable bonds is 5. The van der Waals surface area contributed by atoms with Crippen LogP contribution in [0.25, 0.3) is 0 Å². The molecule has 1 fully saturated rings. The molecule has 1 aliphatic rings. The summed E-state index contributed by atoms with van der Waals surface area (Å²) in [6.45, 7) is 7.26. The lowest BCUT2D eigenvalue weighted by Gasteiger charge is -2.41. The van der Waals surface area contributed by atoms with Crippen LogP contribution in [0.4, 0.5) is 0 Å². The highest BCUT2D eigenvalue weighted by atomic mass is 16.5. The Morgan fingerprint density at radius 1 is 1.50 bits per heavy atom. The zero-order valence-electron chi connectivity index (χ0n) is 10.8. The van der Waals surface area contributed by atoms with E-state index in [4.69, 9.17) is 15.9 Å². The topological polar surface area (TPSA) is 62.3 Å². The van der Waals surface area contributed by atoms with Gasteiger partial charge >= 0.3 is 0 Å². The summed E-state index contributed by atoms with van der Waals surface area (Å²) in [5.74, 6) is 0.344. The minimum absolute atomic E-state index is 0.0719. The minimum atomic E-state index is -0.0719. The van der Waals surface area contributed by atoms with E-state index in [1.54, 1.807) is 7.11 Å². The Hall–Kier alpha value is -0.610. The van der Waals surface area contributed by atoms with Gasteiger partial charge in [0.1, 0.15) is 0 Å². The molecular formula is C12H25N3O. The number of hydrogen-bond acceptors (Lipinski definition) is 3.